The first-order valence-electron chi connectivity index (χ1n) is 8.95. The maximum absolute atomic E-state index is 12.4. The first-order chi connectivity index (χ1) is 13.4. The molecule has 0 spiro atoms. The highest BCUT2D eigenvalue weighted by molar-refractivity contribution is 7.91. The molecule has 1 unspecified atom stereocenters. The van der Waals surface area contributed by atoms with E-state index in [1.54, 1.807) is 6.20 Å². The Labute approximate surface area is 167 Å². The fraction of sp³-hybridized carbons (Fsp3) is 0.316. The molecule has 146 valence electrons. The van der Waals surface area contributed by atoms with Gasteiger partial charge in [-0.05, 0) is 12.3 Å². The normalized spacial score (nSPS) is 18.2. The van der Waals surface area contributed by atoms with Gasteiger partial charge < -0.3 is 9.88 Å². The first-order valence-corrected chi connectivity index (χ1v) is 11.6. The van der Waals surface area contributed by atoms with Crippen LogP contribution in [0.2, 0.25) is 0 Å². The highest BCUT2D eigenvalue weighted by atomic mass is 32.2. The molecule has 1 saturated heterocycles. The fourth-order valence-electron chi connectivity index (χ4n) is 3.37. The molecule has 3 heterocycles. The van der Waals surface area contributed by atoms with E-state index in [1.165, 1.54) is 11.3 Å². The number of benzene rings is 1. The minimum absolute atomic E-state index is 0.0894. The predicted octanol–water partition coefficient (Wildman–Crippen LogP) is 2.97. The Morgan fingerprint density at radius 2 is 2.11 bits per heavy atom. The molecule has 1 amide bonds. The molecular weight excluding hydrogens is 396 g/mol. The van der Waals surface area contributed by atoms with E-state index >= 15 is 0 Å². The summed E-state index contributed by atoms with van der Waals surface area (Å²) in [4.78, 5) is 22.4. The molecule has 1 aromatic carbocycles. The maximum Gasteiger partial charge on any atom is 0.226 e. The van der Waals surface area contributed by atoms with E-state index in [9.17, 15) is 13.2 Å². The summed E-state index contributed by atoms with van der Waals surface area (Å²) in [5, 5.41) is 3.33. The minimum atomic E-state index is -2.99. The van der Waals surface area contributed by atoms with Crippen LogP contribution in [0.3, 0.4) is 0 Å². The third kappa shape index (κ3) is 4.00. The van der Waals surface area contributed by atoms with E-state index in [4.69, 9.17) is 0 Å². The van der Waals surface area contributed by atoms with Gasteiger partial charge in [0.2, 0.25) is 5.91 Å². The zero-order chi connectivity index (χ0) is 19.7. The van der Waals surface area contributed by atoms with E-state index in [-0.39, 0.29) is 29.8 Å². The average molecular weight is 417 g/mol. The number of sulfone groups is 1. The number of amides is 1. The van der Waals surface area contributed by atoms with Crippen LogP contribution in [0.5, 0.6) is 0 Å². The topological polar surface area (TPSA) is 94.0 Å². The summed E-state index contributed by atoms with van der Waals surface area (Å²) < 4.78 is 25.1. The van der Waals surface area contributed by atoms with Gasteiger partial charge in [0.25, 0.3) is 0 Å². The average Bonchev–Trinajstić information content (AvgIpc) is 3.34. The molecule has 4 rings (SSSR count). The lowest BCUT2D eigenvalue weighted by atomic mass is 10.1. The van der Waals surface area contributed by atoms with Crippen molar-refractivity contribution < 1.29 is 13.2 Å². The third-order valence-corrected chi connectivity index (χ3v) is 7.55. The number of imidazole rings is 1. The SMILES string of the molecule is Cn1ccnc1-c1sc(NC(=O)CC2CCS(=O)(=O)C2)nc1-c1ccccc1. The van der Waals surface area contributed by atoms with Gasteiger partial charge in [-0.3, -0.25) is 4.79 Å². The number of nitrogens with zero attached hydrogens (tertiary/aromatic N) is 3. The molecule has 3 aromatic rings. The molecule has 1 N–H and O–H groups in total. The lowest BCUT2D eigenvalue weighted by molar-refractivity contribution is -0.116. The maximum atomic E-state index is 12.4. The van der Waals surface area contributed by atoms with Crippen LogP contribution in [0.25, 0.3) is 22.0 Å². The third-order valence-electron chi connectivity index (χ3n) is 4.75. The second-order valence-electron chi connectivity index (χ2n) is 6.95. The van der Waals surface area contributed by atoms with E-state index in [1.807, 2.05) is 48.1 Å². The molecule has 0 bridgehead atoms. The molecule has 0 radical (unpaired) electrons. The van der Waals surface area contributed by atoms with Crippen LogP contribution >= 0.6 is 11.3 Å². The highest BCUT2D eigenvalue weighted by Gasteiger charge is 2.29. The van der Waals surface area contributed by atoms with Crippen molar-refractivity contribution in [2.45, 2.75) is 12.8 Å². The van der Waals surface area contributed by atoms with Crippen LogP contribution in [0.4, 0.5) is 5.13 Å². The van der Waals surface area contributed by atoms with Gasteiger partial charge in [0.1, 0.15) is 0 Å². The number of aromatic nitrogens is 3. The van der Waals surface area contributed by atoms with Gasteiger partial charge in [0, 0.05) is 31.4 Å². The molecule has 0 saturated carbocycles. The van der Waals surface area contributed by atoms with Gasteiger partial charge in [0.15, 0.2) is 20.8 Å². The number of thiazole rings is 1. The van der Waals surface area contributed by atoms with E-state index in [2.05, 4.69) is 15.3 Å². The monoisotopic (exact) mass is 416 g/mol. The highest BCUT2D eigenvalue weighted by Crippen LogP contribution is 2.38. The second-order valence-corrected chi connectivity index (χ2v) is 10.2. The molecule has 2 aromatic heterocycles. The molecule has 1 fully saturated rings. The minimum Gasteiger partial charge on any atom is -0.333 e. The lowest BCUT2D eigenvalue weighted by Gasteiger charge is -2.06. The summed E-state index contributed by atoms with van der Waals surface area (Å²) >= 11 is 1.37. The van der Waals surface area contributed by atoms with E-state index in [0.29, 0.717) is 11.6 Å². The van der Waals surface area contributed by atoms with Crippen molar-refractivity contribution >= 4 is 32.2 Å². The zero-order valence-electron chi connectivity index (χ0n) is 15.3. The Morgan fingerprint density at radius 1 is 1.32 bits per heavy atom. The second kappa shape index (κ2) is 7.48. The van der Waals surface area contributed by atoms with E-state index < -0.39 is 9.84 Å². The van der Waals surface area contributed by atoms with Crippen molar-refractivity contribution in [3.8, 4) is 22.0 Å². The number of rotatable bonds is 5. The van der Waals surface area contributed by atoms with Crippen molar-refractivity contribution in [1.29, 1.82) is 0 Å². The van der Waals surface area contributed by atoms with Crippen LogP contribution < -0.4 is 5.32 Å². The summed E-state index contributed by atoms with van der Waals surface area (Å²) in [6.07, 6.45) is 4.32. The van der Waals surface area contributed by atoms with Crippen LogP contribution in [-0.4, -0.2) is 40.4 Å². The Morgan fingerprint density at radius 3 is 2.75 bits per heavy atom. The summed E-state index contributed by atoms with van der Waals surface area (Å²) in [5.74, 6) is 0.712. The van der Waals surface area contributed by atoms with Gasteiger partial charge in [-0.25, -0.2) is 18.4 Å². The molecule has 28 heavy (non-hydrogen) atoms. The standard InChI is InChI=1S/C19H20N4O3S2/c1-23-9-8-20-18(23)17-16(14-5-3-2-4-6-14)22-19(27-17)21-15(24)11-13-7-10-28(25,26)12-13/h2-6,8-9,13H,7,10-12H2,1H3,(H,21,22,24). The number of anilines is 1. The number of hydrogen-bond acceptors (Lipinski definition) is 6. The summed E-state index contributed by atoms with van der Waals surface area (Å²) in [6.45, 7) is 0. The number of carbonyl (C=O) groups excluding carboxylic acids is 1. The van der Waals surface area contributed by atoms with Gasteiger partial charge in [-0.2, -0.15) is 0 Å². The zero-order valence-corrected chi connectivity index (χ0v) is 17.0. The molecule has 1 atom stereocenters. The van der Waals surface area contributed by atoms with Gasteiger partial charge >= 0.3 is 0 Å². The van der Waals surface area contributed by atoms with Crippen molar-refractivity contribution in [1.82, 2.24) is 14.5 Å². The molecule has 0 aliphatic carbocycles. The molecule has 7 nitrogen and oxygen atoms in total. The number of hydrogen-bond donors (Lipinski definition) is 1. The van der Waals surface area contributed by atoms with Crippen LogP contribution in [0, 0.1) is 5.92 Å². The van der Waals surface area contributed by atoms with Gasteiger partial charge in [0.05, 0.1) is 22.1 Å². The summed E-state index contributed by atoms with van der Waals surface area (Å²) in [5.41, 5.74) is 1.71. The Kier molecular flexibility index (Phi) is 5.03. The van der Waals surface area contributed by atoms with Crippen molar-refractivity contribution in [2.24, 2.45) is 13.0 Å². The molecular formula is C19H20N4O3S2. The quantitative estimate of drug-likeness (QED) is 0.690. The molecule has 1 aliphatic rings. The van der Waals surface area contributed by atoms with Gasteiger partial charge in [-0.15, -0.1) is 0 Å². The molecule has 1 aliphatic heterocycles. The predicted molar refractivity (Wildman–Crippen MR) is 110 cm³/mol. The Bertz CT molecular complexity index is 1100. The van der Waals surface area contributed by atoms with Crippen LogP contribution in [0.1, 0.15) is 12.8 Å². The van der Waals surface area contributed by atoms with Crippen molar-refractivity contribution in [2.75, 3.05) is 16.8 Å². The van der Waals surface area contributed by atoms with E-state index in [0.717, 1.165) is 22.0 Å². The number of carbonyl (C=O) groups is 1. The van der Waals surface area contributed by atoms with Crippen LogP contribution in [0.15, 0.2) is 42.7 Å². The van der Waals surface area contributed by atoms with Crippen molar-refractivity contribution in [3.63, 3.8) is 0 Å². The Balaban J connectivity index is 1.59. The number of nitrogens with one attached hydrogen (secondary N) is 1. The lowest BCUT2D eigenvalue weighted by Crippen LogP contribution is -2.17. The van der Waals surface area contributed by atoms with Crippen LogP contribution in [-0.2, 0) is 21.7 Å². The van der Waals surface area contributed by atoms with Crippen molar-refractivity contribution in [3.05, 3.63) is 42.7 Å². The summed E-state index contributed by atoms with van der Waals surface area (Å²) in [6, 6.07) is 9.76. The smallest absolute Gasteiger partial charge is 0.226 e. The fourth-order valence-corrected chi connectivity index (χ4v) is 6.27. The first kappa shape index (κ1) is 18.8. The number of aryl methyl sites for hydroxylation is 1. The summed E-state index contributed by atoms with van der Waals surface area (Å²) in [7, 11) is -1.08. The molecule has 9 heteroatoms. The Hall–Kier alpha value is -2.52. The van der Waals surface area contributed by atoms with Gasteiger partial charge in [-0.1, -0.05) is 41.7 Å². The largest absolute Gasteiger partial charge is 0.333 e.